The zero-order chi connectivity index (χ0) is 19.6. The lowest BCUT2D eigenvalue weighted by Gasteiger charge is -2.09. The van der Waals surface area contributed by atoms with Crippen molar-refractivity contribution < 1.29 is 24.1 Å². The standard InChI is InChI=1S/C22H22O5/c1-13-19(9-14-7-16(26-3)10-17(8-14)27-4)18-6-5-15(25-2)11-21(18)20(13)12-22(23)24/h5-11H,12H2,1-4H3,(H,23,24)/b19-9-. The molecule has 0 aromatic heterocycles. The van der Waals surface area contributed by atoms with Crippen molar-refractivity contribution in [1.82, 2.24) is 0 Å². The van der Waals surface area contributed by atoms with Gasteiger partial charge in [-0.05, 0) is 70.7 Å². The first kappa shape index (κ1) is 18.6. The van der Waals surface area contributed by atoms with E-state index in [4.69, 9.17) is 14.2 Å². The van der Waals surface area contributed by atoms with E-state index in [9.17, 15) is 9.90 Å². The second-order valence-electron chi connectivity index (χ2n) is 6.29. The minimum atomic E-state index is -0.859. The summed E-state index contributed by atoms with van der Waals surface area (Å²) in [6, 6.07) is 11.4. The molecule has 0 spiro atoms. The van der Waals surface area contributed by atoms with Crippen LogP contribution in [0.2, 0.25) is 0 Å². The number of benzene rings is 2. The molecule has 140 valence electrons. The van der Waals surface area contributed by atoms with Gasteiger partial charge in [-0.15, -0.1) is 0 Å². The number of methoxy groups -OCH3 is 3. The monoisotopic (exact) mass is 366 g/mol. The van der Waals surface area contributed by atoms with Gasteiger partial charge in [0.15, 0.2) is 0 Å². The Balaban J connectivity index is 2.17. The number of hydrogen-bond acceptors (Lipinski definition) is 4. The summed E-state index contributed by atoms with van der Waals surface area (Å²) in [5, 5.41) is 9.34. The van der Waals surface area contributed by atoms with Crippen molar-refractivity contribution in [3.63, 3.8) is 0 Å². The SMILES string of the molecule is COc1cc(/C=C2/C(C)=C(CC(=O)O)c3cc(OC)ccc32)cc(OC)c1. The Morgan fingerprint density at radius 2 is 1.56 bits per heavy atom. The molecule has 0 unspecified atom stereocenters. The number of ether oxygens (including phenoxy) is 3. The van der Waals surface area contributed by atoms with Crippen molar-refractivity contribution in [2.45, 2.75) is 13.3 Å². The summed E-state index contributed by atoms with van der Waals surface area (Å²) in [6.07, 6.45) is 1.99. The summed E-state index contributed by atoms with van der Waals surface area (Å²) >= 11 is 0. The predicted molar refractivity (Wildman–Crippen MR) is 105 cm³/mol. The van der Waals surface area contributed by atoms with Gasteiger partial charge in [0.2, 0.25) is 0 Å². The van der Waals surface area contributed by atoms with E-state index in [0.29, 0.717) is 17.2 Å². The van der Waals surface area contributed by atoms with Crippen LogP contribution in [0, 0.1) is 0 Å². The second-order valence-corrected chi connectivity index (χ2v) is 6.29. The molecule has 0 heterocycles. The Labute approximate surface area is 158 Å². The molecule has 5 heteroatoms. The van der Waals surface area contributed by atoms with Crippen LogP contribution in [0.4, 0.5) is 0 Å². The molecule has 1 N–H and O–H groups in total. The molecule has 0 saturated carbocycles. The second kappa shape index (κ2) is 7.58. The maximum absolute atomic E-state index is 11.4. The molecule has 1 aliphatic carbocycles. The normalized spacial score (nSPS) is 14.3. The Bertz CT molecular complexity index is 931. The molecule has 0 radical (unpaired) electrons. The predicted octanol–water partition coefficient (Wildman–Crippen LogP) is 4.51. The van der Waals surface area contributed by atoms with E-state index in [-0.39, 0.29) is 6.42 Å². The highest BCUT2D eigenvalue weighted by Gasteiger charge is 2.25. The number of rotatable bonds is 6. The largest absolute Gasteiger partial charge is 0.497 e. The third-order valence-electron chi connectivity index (χ3n) is 4.71. The molecule has 27 heavy (non-hydrogen) atoms. The summed E-state index contributed by atoms with van der Waals surface area (Å²) in [5.74, 6) is 1.24. The zero-order valence-corrected chi connectivity index (χ0v) is 15.8. The number of aliphatic carboxylic acids is 1. The lowest BCUT2D eigenvalue weighted by Crippen LogP contribution is -1.97. The van der Waals surface area contributed by atoms with Crippen molar-refractivity contribution in [2.24, 2.45) is 0 Å². The van der Waals surface area contributed by atoms with E-state index in [1.807, 2.05) is 49.4 Å². The van der Waals surface area contributed by atoms with Crippen LogP contribution in [0.25, 0.3) is 17.2 Å². The third kappa shape index (κ3) is 3.67. The van der Waals surface area contributed by atoms with E-state index >= 15 is 0 Å². The van der Waals surface area contributed by atoms with Gasteiger partial charge in [-0.3, -0.25) is 4.79 Å². The van der Waals surface area contributed by atoms with Crippen molar-refractivity contribution in [1.29, 1.82) is 0 Å². The number of hydrogen-bond donors (Lipinski definition) is 1. The molecule has 0 fully saturated rings. The molecule has 2 aromatic rings. The summed E-state index contributed by atoms with van der Waals surface area (Å²) in [5.41, 5.74) is 5.54. The van der Waals surface area contributed by atoms with Crippen LogP contribution in [-0.4, -0.2) is 32.4 Å². The Morgan fingerprint density at radius 3 is 2.11 bits per heavy atom. The first-order valence-electron chi connectivity index (χ1n) is 8.52. The van der Waals surface area contributed by atoms with Crippen molar-refractivity contribution in [3.8, 4) is 17.2 Å². The molecule has 0 saturated heterocycles. The molecule has 0 amide bonds. The van der Waals surface area contributed by atoms with Crippen LogP contribution in [0.15, 0.2) is 42.0 Å². The van der Waals surface area contributed by atoms with Gasteiger partial charge in [-0.25, -0.2) is 0 Å². The van der Waals surface area contributed by atoms with E-state index in [0.717, 1.165) is 33.4 Å². The third-order valence-corrected chi connectivity index (χ3v) is 4.71. The van der Waals surface area contributed by atoms with Crippen LogP contribution in [0.3, 0.4) is 0 Å². The molecule has 3 rings (SSSR count). The maximum Gasteiger partial charge on any atom is 0.307 e. The number of fused-ring (bicyclic) bond motifs is 1. The fourth-order valence-corrected chi connectivity index (χ4v) is 3.35. The quantitative estimate of drug-likeness (QED) is 0.815. The molecule has 0 atom stereocenters. The minimum Gasteiger partial charge on any atom is -0.497 e. The van der Waals surface area contributed by atoms with Crippen LogP contribution in [0.1, 0.15) is 30.0 Å². The smallest absolute Gasteiger partial charge is 0.307 e. The molecular weight excluding hydrogens is 344 g/mol. The van der Waals surface area contributed by atoms with Crippen molar-refractivity contribution in [3.05, 3.63) is 58.7 Å². The van der Waals surface area contributed by atoms with Crippen LogP contribution in [-0.2, 0) is 4.79 Å². The Hall–Kier alpha value is -3.21. The number of carboxylic acid groups (broad SMARTS) is 1. The average molecular weight is 366 g/mol. The van der Waals surface area contributed by atoms with Gasteiger partial charge in [0.05, 0.1) is 27.8 Å². The topological polar surface area (TPSA) is 65.0 Å². The average Bonchev–Trinajstić information content (AvgIpc) is 2.92. The zero-order valence-electron chi connectivity index (χ0n) is 15.8. The van der Waals surface area contributed by atoms with Crippen molar-refractivity contribution >= 4 is 23.2 Å². The number of carboxylic acids is 1. The molecule has 5 nitrogen and oxygen atoms in total. The van der Waals surface area contributed by atoms with E-state index in [1.165, 1.54) is 0 Å². The molecular formula is C22H22O5. The summed E-state index contributed by atoms with van der Waals surface area (Å²) in [6.45, 7) is 1.95. The van der Waals surface area contributed by atoms with Crippen LogP contribution in [0.5, 0.6) is 17.2 Å². The van der Waals surface area contributed by atoms with Gasteiger partial charge in [0, 0.05) is 6.07 Å². The fourth-order valence-electron chi connectivity index (χ4n) is 3.35. The van der Waals surface area contributed by atoms with Gasteiger partial charge in [0.1, 0.15) is 17.2 Å². The summed E-state index contributed by atoms with van der Waals surface area (Å²) in [4.78, 5) is 11.4. The minimum absolute atomic E-state index is 0.0369. The lowest BCUT2D eigenvalue weighted by atomic mass is 10.00. The highest BCUT2D eigenvalue weighted by atomic mass is 16.5. The van der Waals surface area contributed by atoms with Gasteiger partial charge < -0.3 is 19.3 Å². The number of allylic oxidation sites excluding steroid dienone is 2. The summed E-state index contributed by atoms with van der Waals surface area (Å²) < 4.78 is 16.0. The number of carbonyl (C=O) groups is 1. The van der Waals surface area contributed by atoms with Gasteiger partial charge >= 0.3 is 5.97 Å². The van der Waals surface area contributed by atoms with E-state index in [1.54, 1.807) is 21.3 Å². The molecule has 0 bridgehead atoms. The van der Waals surface area contributed by atoms with Gasteiger partial charge in [0.25, 0.3) is 0 Å². The van der Waals surface area contributed by atoms with Gasteiger partial charge in [-0.2, -0.15) is 0 Å². The maximum atomic E-state index is 11.4. The summed E-state index contributed by atoms with van der Waals surface area (Å²) in [7, 11) is 4.82. The first-order valence-corrected chi connectivity index (χ1v) is 8.52. The highest BCUT2D eigenvalue weighted by molar-refractivity contribution is 6.07. The van der Waals surface area contributed by atoms with E-state index in [2.05, 4.69) is 0 Å². The van der Waals surface area contributed by atoms with Gasteiger partial charge in [-0.1, -0.05) is 6.07 Å². The molecule has 0 aliphatic heterocycles. The lowest BCUT2D eigenvalue weighted by molar-refractivity contribution is -0.135. The molecule has 1 aliphatic rings. The fraction of sp³-hybridized carbons (Fsp3) is 0.227. The molecule has 2 aromatic carbocycles. The van der Waals surface area contributed by atoms with Crippen molar-refractivity contribution in [2.75, 3.05) is 21.3 Å². The van der Waals surface area contributed by atoms with E-state index < -0.39 is 5.97 Å². The first-order chi connectivity index (χ1) is 13.0. The van der Waals surface area contributed by atoms with Crippen LogP contribution < -0.4 is 14.2 Å². The highest BCUT2D eigenvalue weighted by Crippen LogP contribution is 2.45. The van der Waals surface area contributed by atoms with Crippen LogP contribution >= 0.6 is 0 Å². The Morgan fingerprint density at radius 1 is 0.926 bits per heavy atom. The Kier molecular flexibility index (Phi) is 5.21.